The van der Waals surface area contributed by atoms with Gasteiger partial charge in [0.15, 0.2) is 0 Å². The molecule has 0 bridgehead atoms. The van der Waals surface area contributed by atoms with Gasteiger partial charge >= 0.3 is 11.7 Å². The van der Waals surface area contributed by atoms with Gasteiger partial charge in [0.25, 0.3) is 0 Å². The molecule has 0 aliphatic carbocycles. The second kappa shape index (κ2) is 6.57. The van der Waals surface area contributed by atoms with Crippen LogP contribution in [0.2, 0.25) is 0 Å². The Bertz CT molecular complexity index is 768. The molecular formula is C15H15N5O4. The van der Waals surface area contributed by atoms with Crippen molar-refractivity contribution in [2.45, 2.75) is 12.3 Å². The Morgan fingerprint density at radius 3 is 2.88 bits per heavy atom. The number of nitrogens with zero attached hydrogens (tertiary/aromatic N) is 5. The van der Waals surface area contributed by atoms with E-state index in [1.54, 1.807) is 23.5 Å². The molecule has 1 fully saturated rings. The Morgan fingerprint density at radius 1 is 1.38 bits per heavy atom. The first-order valence-electron chi connectivity index (χ1n) is 7.34. The third kappa shape index (κ3) is 2.87. The lowest BCUT2D eigenvalue weighted by Gasteiger charge is -2.18. The Hall–Kier alpha value is -3.10. The molecule has 0 radical (unpaired) electrons. The van der Waals surface area contributed by atoms with Crippen molar-refractivity contribution in [2.75, 3.05) is 25.1 Å². The highest BCUT2D eigenvalue weighted by Gasteiger charge is 2.34. The van der Waals surface area contributed by atoms with Gasteiger partial charge in [-0.2, -0.15) is 0 Å². The molecule has 0 aromatic carbocycles. The number of rotatable bonds is 4. The molecule has 2 aromatic rings. The van der Waals surface area contributed by atoms with Gasteiger partial charge in [-0.1, -0.05) is 0 Å². The van der Waals surface area contributed by atoms with E-state index in [0.29, 0.717) is 13.1 Å². The molecule has 24 heavy (non-hydrogen) atoms. The summed E-state index contributed by atoms with van der Waals surface area (Å²) in [6, 6.07) is 1.30. The molecule has 3 heterocycles. The quantitative estimate of drug-likeness (QED) is 0.472. The van der Waals surface area contributed by atoms with Gasteiger partial charge in [-0.3, -0.25) is 20.1 Å². The number of carbonyl (C=O) groups excluding carboxylic acids is 1. The number of hydrogen-bond donors (Lipinski definition) is 0. The van der Waals surface area contributed by atoms with Crippen LogP contribution in [0.15, 0.2) is 30.9 Å². The number of aromatic nitrogens is 3. The SMILES string of the molecule is COC(=O)c1ccnc(N2CCC(c3cnccn3)C2)c1[N+](=O)[O-]. The van der Waals surface area contributed by atoms with Crippen molar-refractivity contribution in [3.8, 4) is 0 Å². The average Bonchev–Trinajstić information content (AvgIpc) is 3.11. The number of methoxy groups -OCH3 is 1. The van der Waals surface area contributed by atoms with Crippen LogP contribution in [0.4, 0.5) is 11.5 Å². The van der Waals surface area contributed by atoms with Crippen molar-refractivity contribution in [3.63, 3.8) is 0 Å². The summed E-state index contributed by atoms with van der Waals surface area (Å²) < 4.78 is 4.63. The molecule has 9 nitrogen and oxygen atoms in total. The molecule has 3 rings (SSSR count). The zero-order valence-electron chi connectivity index (χ0n) is 13.0. The summed E-state index contributed by atoms with van der Waals surface area (Å²) in [6.45, 7) is 1.11. The molecule has 0 amide bonds. The van der Waals surface area contributed by atoms with Crippen molar-refractivity contribution >= 4 is 17.5 Å². The van der Waals surface area contributed by atoms with Gasteiger partial charge < -0.3 is 9.64 Å². The molecule has 9 heteroatoms. The van der Waals surface area contributed by atoms with Gasteiger partial charge in [0.1, 0.15) is 5.56 Å². The number of hydrogen-bond acceptors (Lipinski definition) is 8. The first-order chi connectivity index (χ1) is 11.6. The largest absolute Gasteiger partial charge is 0.465 e. The number of pyridine rings is 1. The second-order valence-corrected chi connectivity index (χ2v) is 5.34. The smallest absolute Gasteiger partial charge is 0.345 e. The number of carbonyl (C=O) groups is 1. The van der Waals surface area contributed by atoms with E-state index in [1.165, 1.54) is 19.4 Å². The maximum atomic E-state index is 11.8. The minimum Gasteiger partial charge on any atom is -0.465 e. The number of ether oxygens (including phenoxy) is 1. The fourth-order valence-electron chi connectivity index (χ4n) is 2.84. The third-order valence-corrected chi connectivity index (χ3v) is 3.98. The zero-order chi connectivity index (χ0) is 17.1. The fraction of sp³-hybridized carbons (Fsp3) is 0.333. The van der Waals surface area contributed by atoms with Crippen LogP contribution in [-0.2, 0) is 4.74 Å². The van der Waals surface area contributed by atoms with E-state index < -0.39 is 10.9 Å². The van der Waals surface area contributed by atoms with E-state index in [0.717, 1.165) is 12.1 Å². The third-order valence-electron chi connectivity index (χ3n) is 3.98. The van der Waals surface area contributed by atoms with Crippen molar-refractivity contribution in [1.29, 1.82) is 0 Å². The summed E-state index contributed by atoms with van der Waals surface area (Å²) in [5.74, 6) is -0.466. The molecule has 1 aliphatic rings. The van der Waals surface area contributed by atoms with Gasteiger partial charge in [0, 0.05) is 43.8 Å². The predicted molar refractivity (Wildman–Crippen MR) is 83.8 cm³/mol. The predicted octanol–water partition coefficient (Wildman–Crippen LogP) is 1.56. The molecular weight excluding hydrogens is 314 g/mol. The van der Waals surface area contributed by atoms with Crippen molar-refractivity contribution < 1.29 is 14.5 Å². The summed E-state index contributed by atoms with van der Waals surface area (Å²) in [6.07, 6.45) is 7.07. The standard InChI is InChI=1S/C15H15N5O4/c1-24-15(21)11-2-4-18-14(13(11)20(22)23)19-7-3-10(9-19)12-8-16-5-6-17-12/h2,4-6,8,10H,3,7,9H2,1H3. The highest BCUT2D eigenvalue weighted by Crippen LogP contribution is 2.35. The molecule has 0 saturated carbocycles. The molecule has 2 aromatic heterocycles. The Balaban J connectivity index is 1.93. The maximum absolute atomic E-state index is 11.8. The van der Waals surface area contributed by atoms with Gasteiger partial charge in [-0.15, -0.1) is 0 Å². The van der Waals surface area contributed by atoms with Crippen LogP contribution >= 0.6 is 0 Å². The Morgan fingerprint density at radius 2 is 2.21 bits per heavy atom. The number of nitro groups is 1. The van der Waals surface area contributed by atoms with Crippen LogP contribution in [0.3, 0.4) is 0 Å². The van der Waals surface area contributed by atoms with E-state index in [2.05, 4.69) is 19.7 Å². The summed E-state index contributed by atoms with van der Waals surface area (Å²) >= 11 is 0. The van der Waals surface area contributed by atoms with Crippen molar-refractivity contribution in [1.82, 2.24) is 15.0 Å². The Labute approximate surface area is 137 Å². The first kappa shape index (κ1) is 15.8. The summed E-state index contributed by atoms with van der Waals surface area (Å²) in [4.78, 5) is 37.0. The van der Waals surface area contributed by atoms with Crippen LogP contribution in [0.1, 0.15) is 28.4 Å². The average molecular weight is 329 g/mol. The lowest BCUT2D eigenvalue weighted by molar-refractivity contribution is -0.384. The molecule has 1 saturated heterocycles. The van der Waals surface area contributed by atoms with E-state index in [-0.39, 0.29) is 23.0 Å². The van der Waals surface area contributed by atoms with E-state index >= 15 is 0 Å². The topological polar surface area (TPSA) is 111 Å². The molecule has 1 unspecified atom stereocenters. The number of anilines is 1. The summed E-state index contributed by atoms with van der Waals surface area (Å²) in [5, 5.41) is 11.5. The molecule has 0 N–H and O–H groups in total. The van der Waals surface area contributed by atoms with Crippen LogP contribution in [0, 0.1) is 10.1 Å². The van der Waals surface area contributed by atoms with Gasteiger partial charge in [-0.05, 0) is 12.5 Å². The lowest BCUT2D eigenvalue weighted by Crippen LogP contribution is -2.23. The maximum Gasteiger partial charge on any atom is 0.345 e. The molecule has 1 atom stereocenters. The van der Waals surface area contributed by atoms with Crippen molar-refractivity contribution in [3.05, 3.63) is 52.2 Å². The monoisotopic (exact) mass is 329 g/mol. The Kier molecular flexibility index (Phi) is 4.32. The normalized spacial score (nSPS) is 16.9. The first-order valence-corrected chi connectivity index (χ1v) is 7.34. The van der Waals surface area contributed by atoms with E-state index in [1.807, 2.05) is 0 Å². The molecule has 124 valence electrons. The van der Waals surface area contributed by atoms with Gasteiger partial charge in [0.05, 0.1) is 17.7 Å². The zero-order valence-corrected chi connectivity index (χ0v) is 13.0. The van der Waals surface area contributed by atoms with E-state index in [4.69, 9.17) is 0 Å². The van der Waals surface area contributed by atoms with Crippen LogP contribution in [0.5, 0.6) is 0 Å². The van der Waals surface area contributed by atoms with Crippen LogP contribution < -0.4 is 4.90 Å². The highest BCUT2D eigenvalue weighted by atomic mass is 16.6. The second-order valence-electron chi connectivity index (χ2n) is 5.34. The summed E-state index contributed by atoms with van der Waals surface area (Å²) in [5.41, 5.74) is 0.409. The number of esters is 1. The minimum atomic E-state index is -0.755. The van der Waals surface area contributed by atoms with Gasteiger partial charge in [-0.25, -0.2) is 9.78 Å². The molecule has 1 aliphatic heterocycles. The van der Waals surface area contributed by atoms with Gasteiger partial charge in [0.2, 0.25) is 5.82 Å². The van der Waals surface area contributed by atoms with Crippen LogP contribution in [0.25, 0.3) is 0 Å². The highest BCUT2D eigenvalue weighted by molar-refractivity contribution is 5.96. The van der Waals surface area contributed by atoms with Crippen molar-refractivity contribution in [2.24, 2.45) is 0 Å². The van der Waals surface area contributed by atoms with Crippen LogP contribution in [-0.4, -0.2) is 46.0 Å². The lowest BCUT2D eigenvalue weighted by atomic mass is 10.1. The van der Waals surface area contributed by atoms with E-state index in [9.17, 15) is 14.9 Å². The molecule has 0 spiro atoms. The summed E-state index contributed by atoms with van der Waals surface area (Å²) in [7, 11) is 1.19. The fourth-order valence-corrected chi connectivity index (χ4v) is 2.84. The minimum absolute atomic E-state index is 0.101.